The van der Waals surface area contributed by atoms with E-state index in [1.54, 1.807) is 0 Å². The number of thioether (sulfide) groups is 1. The summed E-state index contributed by atoms with van der Waals surface area (Å²) in [6, 6.07) is 0.502. The predicted octanol–water partition coefficient (Wildman–Crippen LogP) is 1.34. The molecule has 0 radical (unpaired) electrons. The van der Waals surface area contributed by atoms with Crippen molar-refractivity contribution in [2.24, 2.45) is 0 Å². The maximum absolute atomic E-state index is 12.2. The van der Waals surface area contributed by atoms with Crippen LogP contribution in [0, 0.1) is 0 Å². The number of rotatable bonds is 4. The van der Waals surface area contributed by atoms with Crippen LogP contribution in [0.5, 0.6) is 0 Å². The molecule has 3 N–H and O–H groups in total. The highest BCUT2D eigenvalue weighted by molar-refractivity contribution is 8.01. The van der Waals surface area contributed by atoms with E-state index < -0.39 is 0 Å². The maximum Gasteiger partial charge on any atom is 0.233 e. The highest BCUT2D eigenvalue weighted by Gasteiger charge is 2.27. The first-order valence-electron chi connectivity index (χ1n) is 7.56. The summed E-state index contributed by atoms with van der Waals surface area (Å²) in [5.74, 6) is 0.129. The summed E-state index contributed by atoms with van der Waals surface area (Å²) in [6.07, 6.45) is 6.40. The zero-order chi connectivity index (χ0) is 14.5. The Hall–Kier alpha value is -0.750. The van der Waals surface area contributed by atoms with Gasteiger partial charge in [-0.2, -0.15) is 0 Å². The number of nitrogens with one attached hydrogen (secondary N) is 3. The van der Waals surface area contributed by atoms with E-state index in [4.69, 9.17) is 0 Å². The van der Waals surface area contributed by atoms with Crippen LogP contribution < -0.4 is 16.0 Å². The maximum atomic E-state index is 12.2. The third-order valence-corrected chi connectivity index (χ3v) is 5.03. The van der Waals surface area contributed by atoms with Crippen LogP contribution in [0.2, 0.25) is 0 Å². The molecule has 1 saturated carbocycles. The molecule has 0 aromatic heterocycles. The number of hydrogen-bond donors (Lipinski definition) is 3. The first kappa shape index (κ1) is 15.6. The van der Waals surface area contributed by atoms with Crippen LogP contribution in [0.25, 0.3) is 0 Å². The van der Waals surface area contributed by atoms with Crippen molar-refractivity contribution in [3.05, 3.63) is 0 Å². The molecule has 3 atom stereocenters. The van der Waals surface area contributed by atoms with E-state index in [1.165, 1.54) is 31.0 Å². The van der Waals surface area contributed by atoms with Gasteiger partial charge in [0.25, 0.3) is 0 Å². The minimum Gasteiger partial charge on any atom is -0.352 e. The molecular formula is C14H25N3O2S. The first-order chi connectivity index (χ1) is 9.54. The average Bonchev–Trinajstić information content (AvgIpc) is 2.38. The van der Waals surface area contributed by atoms with E-state index in [1.807, 2.05) is 13.8 Å². The third-order valence-electron chi connectivity index (χ3n) is 3.88. The number of hydrogen-bond acceptors (Lipinski definition) is 4. The lowest BCUT2D eigenvalue weighted by molar-refractivity contribution is -0.123. The van der Waals surface area contributed by atoms with Crippen molar-refractivity contribution in [2.75, 3.05) is 0 Å². The van der Waals surface area contributed by atoms with Gasteiger partial charge in [-0.05, 0) is 26.7 Å². The highest BCUT2D eigenvalue weighted by atomic mass is 32.2. The number of amides is 2. The van der Waals surface area contributed by atoms with E-state index in [0.717, 1.165) is 12.8 Å². The SMILES string of the molecule is CC1CC(=O)NC(SC(C)C(=O)NC2CCCCC2)N1. The molecule has 5 nitrogen and oxygen atoms in total. The van der Waals surface area contributed by atoms with E-state index in [0.29, 0.717) is 12.5 Å². The normalized spacial score (nSPS) is 29.6. The summed E-state index contributed by atoms with van der Waals surface area (Å²) in [5, 5.41) is 9.12. The summed E-state index contributed by atoms with van der Waals surface area (Å²) < 4.78 is 0. The lowest BCUT2D eigenvalue weighted by Crippen LogP contribution is -2.54. The Morgan fingerprint density at radius 2 is 2.05 bits per heavy atom. The van der Waals surface area contributed by atoms with Crippen LogP contribution in [-0.2, 0) is 9.59 Å². The van der Waals surface area contributed by atoms with Gasteiger partial charge in [0.2, 0.25) is 11.8 Å². The topological polar surface area (TPSA) is 70.2 Å². The number of carbonyl (C=O) groups excluding carboxylic acids is 2. The van der Waals surface area contributed by atoms with Gasteiger partial charge in [-0.3, -0.25) is 14.9 Å². The zero-order valence-electron chi connectivity index (χ0n) is 12.3. The molecule has 1 saturated heterocycles. The van der Waals surface area contributed by atoms with E-state index in [9.17, 15) is 9.59 Å². The summed E-state index contributed by atoms with van der Waals surface area (Å²) in [6.45, 7) is 3.88. The van der Waals surface area contributed by atoms with Gasteiger partial charge in [-0.1, -0.05) is 19.3 Å². The molecule has 114 valence electrons. The molecule has 0 bridgehead atoms. The van der Waals surface area contributed by atoms with Crippen molar-refractivity contribution in [3.63, 3.8) is 0 Å². The second-order valence-electron chi connectivity index (χ2n) is 5.84. The number of carbonyl (C=O) groups is 2. The standard InChI is InChI=1S/C14H25N3O2S/c1-9-8-12(18)17-14(15-9)20-10(2)13(19)16-11-6-4-3-5-7-11/h9-11,14-15H,3-8H2,1-2H3,(H,16,19)(H,17,18). The Bertz CT molecular complexity index is 358. The lowest BCUT2D eigenvalue weighted by atomic mass is 9.95. The molecule has 2 amide bonds. The quantitative estimate of drug-likeness (QED) is 0.732. The summed E-state index contributed by atoms with van der Waals surface area (Å²) in [5.41, 5.74) is -0.168. The van der Waals surface area contributed by atoms with Crippen molar-refractivity contribution >= 4 is 23.6 Å². The van der Waals surface area contributed by atoms with Gasteiger partial charge < -0.3 is 10.6 Å². The van der Waals surface area contributed by atoms with Gasteiger partial charge in [0, 0.05) is 18.5 Å². The molecule has 2 rings (SSSR count). The largest absolute Gasteiger partial charge is 0.352 e. The van der Waals surface area contributed by atoms with Crippen LogP contribution in [0.15, 0.2) is 0 Å². The van der Waals surface area contributed by atoms with Crippen molar-refractivity contribution in [1.29, 1.82) is 0 Å². The molecule has 0 aromatic rings. The van der Waals surface area contributed by atoms with E-state index >= 15 is 0 Å². The molecule has 2 aliphatic rings. The van der Waals surface area contributed by atoms with Gasteiger partial charge in [0.05, 0.1) is 5.25 Å². The van der Waals surface area contributed by atoms with Gasteiger partial charge in [0.15, 0.2) is 0 Å². The molecule has 6 heteroatoms. The Morgan fingerprint density at radius 3 is 2.70 bits per heavy atom. The van der Waals surface area contributed by atoms with E-state index in [2.05, 4.69) is 16.0 Å². The molecule has 1 aliphatic carbocycles. The smallest absolute Gasteiger partial charge is 0.233 e. The zero-order valence-corrected chi connectivity index (χ0v) is 13.1. The predicted molar refractivity (Wildman–Crippen MR) is 81.2 cm³/mol. The van der Waals surface area contributed by atoms with Crippen LogP contribution in [0.3, 0.4) is 0 Å². The molecular weight excluding hydrogens is 274 g/mol. The molecule has 20 heavy (non-hydrogen) atoms. The second kappa shape index (κ2) is 7.31. The molecule has 0 spiro atoms. The van der Waals surface area contributed by atoms with Gasteiger partial charge >= 0.3 is 0 Å². The van der Waals surface area contributed by atoms with Crippen molar-refractivity contribution in [3.8, 4) is 0 Å². The lowest BCUT2D eigenvalue weighted by Gasteiger charge is -2.31. The average molecular weight is 299 g/mol. The Balaban J connectivity index is 1.76. The van der Waals surface area contributed by atoms with Crippen LogP contribution >= 0.6 is 11.8 Å². The van der Waals surface area contributed by atoms with Crippen molar-refractivity contribution in [2.45, 2.75) is 75.2 Å². The third kappa shape index (κ3) is 4.66. The molecule has 2 fully saturated rings. The van der Waals surface area contributed by atoms with Gasteiger partial charge in [-0.25, -0.2) is 0 Å². The molecule has 0 aromatic carbocycles. The fraction of sp³-hybridized carbons (Fsp3) is 0.857. The van der Waals surface area contributed by atoms with Gasteiger partial charge in [-0.15, -0.1) is 11.8 Å². The Kier molecular flexibility index (Phi) is 5.72. The summed E-state index contributed by atoms with van der Waals surface area (Å²) in [4.78, 5) is 23.7. The molecule has 1 heterocycles. The summed E-state index contributed by atoms with van der Waals surface area (Å²) in [7, 11) is 0. The van der Waals surface area contributed by atoms with Crippen molar-refractivity contribution in [1.82, 2.24) is 16.0 Å². The highest BCUT2D eigenvalue weighted by Crippen LogP contribution is 2.20. The van der Waals surface area contributed by atoms with E-state index in [-0.39, 0.29) is 28.6 Å². The summed E-state index contributed by atoms with van der Waals surface area (Å²) >= 11 is 1.47. The van der Waals surface area contributed by atoms with Crippen LogP contribution in [0.1, 0.15) is 52.4 Å². The Morgan fingerprint density at radius 1 is 1.35 bits per heavy atom. The fourth-order valence-corrected chi connectivity index (χ4v) is 3.86. The van der Waals surface area contributed by atoms with Crippen LogP contribution in [0.4, 0.5) is 0 Å². The van der Waals surface area contributed by atoms with Crippen molar-refractivity contribution < 1.29 is 9.59 Å². The Labute approximate surface area is 125 Å². The minimum atomic E-state index is -0.168. The first-order valence-corrected chi connectivity index (χ1v) is 8.50. The molecule has 3 unspecified atom stereocenters. The fourth-order valence-electron chi connectivity index (χ4n) is 2.75. The molecule has 1 aliphatic heterocycles. The van der Waals surface area contributed by atoms with Gasteiger partial charge in [0.1, 0.15) is 5.50 Å². The van der Waals surface area contributed by atoms with Crippen LogP contribution in [-0.4, -0.2) is 34.6 Å². The minimum absolute atomic E-state index is 0.0497. The second-order valence-corrected chi connectivity index (χ2v) is 7.29. The monoisotopic (exact) mass is 299 g/mol.